The molecule has 0 aliphatic heterocycles. The summed E-state index contributed by atoms with van der Waals surface area (Å²) < 4.78 is 68.2. The average Bonchev–Trinajstić information content (AvgIpc) is 2.28. The van der Waals surface area contributed by atoms with Crippen molar-refractivity contribution in [2.45, 2.75) is 369 Å². The Morgan fingerprint density at radius 1 is 0.311 bits per heavy atom. The van der Waals surface area contributed by atoms with Gasteiger partial charge in [0, 0.05) is 25.7 Å². The van der Waals surface area contributed by atoms with Gasteiger partial charge in [-0.2, -0.15) is 0 Å². The van der Waals surface area contributed by atoms with Crippen LogP contribution in [0.5, 0.6) is 0 Å². The topological polar surface area (TPSA) is 237 Å². The van der Waals surface area contributed by atoms with Gasteiger partial charge < -0.3 is 33.8 Å². The Balaban J connectivity index is 5.18. The molecule has 534 valence electrons. The Bertz CT molecular complexity index is 1780. The number of esters is 4. The molecule has 0 aromatic carbocycles. The highest BCUT2D eigenvalue weighted by atomic mass is 31.2. The Morgan fingerprint density at radius 3 is 0.789 bits per heavy atom. The number of hydrogen-bond donors (Lipinski definition) is 3. The SMILES string of the molecule is CCC(C)CCCCCCCCC(=O)O[C@H](COC(=O)CCCCCCCCCC(C)C)COP(=O)(O)OCC(O)COP(=O)(O)OC[C@@H](COC(=O)CCCCCCCCCCCCCCCCCCC(C)C)OC(=O)CCCCCCCCCCC(C)C. The molecule has 0 amide bonds. The van der Waals surface area contributed by atoms with Gasteiger partial charge in [0.15, 0.2) is 12.2 Å². The number of phosphoric ester groups is 2. The minimum atomic E-state index is -4.95. The van der Waals surface area contributed by atoms with E-state index in [1.807, 2.05) is 0 Å². The van der Waals surface area contributed by atoms with Crippen LogP contribution < -0.4 is 0 Å². The number of hydrogen-bond acceptors (Lipinski definition) is 15. The van der Waals surface area contributed by atoms with E-state index in [1.54, 1.807) is 0 Å². The van der Waals surface area contributed by atoms with Crippen molar-refractivity contribution in [3.63, 3.8) is 0 Å². The summed E-state index contributed by atoms with van der Waals surface area (Å²) in [5, 5.41) is 10.6. The third-order valence-electron chi connectivity index (χ3n) is 16.7. The van der Waals surface area contributed by atoms with E-state index in [2.05, 4.69) is 55.4 Å². The molecule has 0 radical (unpaired) electrons. The van der Waals surface area contributed by atoms with Gasteiger partial charge in [0.2, 0.25) is 0 Å². The fourth-order valence-electron chi connectivity index (χ4n) is 10.6. The van der Waals surface area contributed by atoms with Crippen molar-refractivity contribution in [3.8, 4) is 0 Å². The highest BCUT2D eigenvalue weighted by molar-refractivity contribution is 7.47. The summed E-state index contributed by atoms with van der Waals surface area (Å²) in [5.41, 5.74) is 0. The maximum absolute atomic E-state index is 13.0. The molecule has 4 unspecified atom stereocenters. The van der Waals surface area contributed by atoms with Crippen LogP contribution in [0.3, 0.4) is 0 Å². The summed E-state index contributed by atoms with van der Waals surface area (Å²) in [6.45, 7) is 14.0. The molecule has 0 aromatic rings. The maximum Gasteiger partial charge on any atom is 0.472 e. The van der Waals surface area contributed by atoms with Crippen molar-refractivity contribution < 1.29 is 80.2 Å². The van der Waals surface area contributed by atoms with Gasteiger partial charge in [-0.15, -0.1) is 0 Å². The zero-order chi connectivity index (χ0) is 66.8. The summed E-state index contributed by atoms with van der Waals surface area (Å²) >= 11 is 0. The Morgan fingerprint density at radius 2 is 0.533 bits per heavy atom. The second-order valence-corrected chi connectivity index (χ2v) is 30.2. The van der Waals surface area contributed by atoms with Gasteiger partial charge in [0.05, 0.1) is 26.4 Å². The molecular weight excluding hydrogens is 1190 g/mol. The fraction of sp³-hybridized carbons (Fsp3) is 0.944. The Labute approximate surface area is 549 Å². The van der Waals surface area contributed by atoms with Crippen LogP contribution in [0.4, 0.5) is 0 Å². The molecule has 3 N–H and O–H groups in total. The summed E-state index contributed by atoms with van der Waals surface area (Å²) in [7, 11) is -9.90. The molecule has 17 nitrogen and oxygen atoms in total. The first-order valence-electron chi connectivity index (χ1n) is 36.7. The molecular formula is C71H138O17P2. The minimum Gasteiger partial charge on any atom is -0.462 e. The van der Waals surface area contributed by atoms with E-state index in [9.17, 15) is 43.2 Å². The first-order valence-corrected chi connectivity index (χ1v) is 39.7. The predicted octanol–water partition coefficient (Wildman–Crippen LogP) is 20.1. The number of carbonyl (C=O) groups is 4. The molecule has 0 saturated heterocycles. The molecule has 0 aliphatic carbocycles. The molecule has 0 bridgehead atoms. The van der Waals surface area contributed by atoms with Crippen molar-refractivity contribution in [2.24, 2.45) is 23.7 Å². The minimum absolute atomic E-state index is 0.102. The van der Waals surface area contributed by atoms with Gasteiger partial charge in [-0.3, -0.25) is 37.3 Å². The van der Waals surface area contributed by atoms with Crippen LogP contribution in [0.15, 0.2) is 0 Å². The third kappa shape index (κ3) is 63.5. The van der Waals surface area contributed by atoms with Crippen LogP contribution in [-0.2, 0) is 65.4 Å². The molecule has 19 heteroatoms. The summed E-state index contributed by atoms with van der Waals surface area (Å²) in [6.07, 6.45) is 43.4. The first-order chi connectivity index (χ1) is 43.1. The number of aliphatic hydroxyl groups is 1. The number of ether oxygens (including phenoxy) is 4. The quantitative estimate of drug-likeness (QED) is 0.0222. The maximum atomic E-state index is 13.0. The van der Waals surface area contributed by atoms with Crippen LogP contribution in [-0.4, -0.2) is 96.7 Å². The van der Waals surface area contributed by atoms with E-state index in [-0.39, 0.29) is 25.7 Å². The first kappa shape index (κ1) is 88.1. The monoisotopic (exact) mass is 1320 g/mol. The van der Waals surface area contributed by atoms with Gasteiger partial charge >= 0.3 is 39.5 Å². The number of unbranched alkanes of at least 4 members (excludes halogenated alkanes) is 33. The second-order valence-electron chi connectivity index (χ2n) is 27.3. The van der Waals surface area contributed by atoms with Crippen LogP contribution in [0.2, 0.25) is 0 Å². The zero-order valence-electron chi connectivity index (χ0n) is 58.8. The molecule has 6 atom stereocenters. The van der Waals surface area contributed by atoms with Gasteiger partial charge in [0.25, 0.3) is 0 Å². The lowest BCUT2D eigenvalue weighted by Crippen LogP contribution is -2.30. The van der Waals surface area contributed by atoms with E-state index >= 15 is 0 Å². The van der Waals surface area contributed by atoms with Gasteiger partial charge in [-0.05, 0) is 49.4 Å². The molecule has 0 rings (SSSR count). The summed E-state index contributed by atoms with van der Waals surface area (Å²) in [5.74, 6) is 0.822. The van der Waals surface area contributed by atoms with Crippen molar-refractivity contribution >= 4 is 39.5 Å². The molecule has 0 fully saturated rings. The standard InChI is InChI=1S/C71H138O17P2/c1-9-64(8)50-42-34-29-30-38-46-54-71(76)88-67(58-82-69(74)52-44-36-28-22-25-33-41-49-63(6)7)60-86-90(79,80)84-56-65(72)55-83-89(77,78)85-59-66(87-70(75)53-45-37-27-21-20-24-32-40-48-62(4)5)57-81-68(73)51-43-35-26-19-17-15-13-11-10-12-14-16-18-23-31-39-47-61(2)3/h61-67,72H,9-60H2,1-8H3,(H,77,78)(H,79,80)/t64?,65?,66-,67-/m1/s1. The second kappa shape index (κ2) is 60.7. The Kier molecular flexibility index (Phi) is 59.4. The van der Waals surface area contributed by atoms with Gasteiger partial charge in [0.1, 0.15) is 19.3 Å². The predicted molar refractivity (Wildman–Crippen MR) is 363 cm³/mol. The molecule has 90 heavy (non-hydrogen) atoms. The van der Waals surface area contributed by atoms with Crippen LogP contribution >= 0.6 is 15.6 Å². The highest BCUT2D eigenvalue weighted by Crippen LogP contribution is 2.45. The third-order valence-corrected chi connectivity index (χ3v) is 18.6. The van der Waals surface area contributed by atoms with Gasteiger partial charge in [-0.25, -0.2) is 9.13 Å². The molecule has 0 heterocycles. The number of aliphatic hydroxyl groups excluding tert-OH is 1. The van der Waals surface area contributed by atoms with Crippen LogP contribution in [0.25, 0.3) is 0 Å². The number of phosphoric acid groups is 2. The van der Waals surface area contributed by atoms with Crippen LogP contribution in [0, 0.1) is 23.7 Å². The van der Waals surface area contributed by atoms with Crippen molar-refractivity contribution in [1.82, 2.24) is 0 Å². The average molecular weight is 1330 g/mol. The molecule has 0 aromatic heterocycles. The summed E-state index contributed by atoms with van der Waals surface area (Å²) in [4.78, 5) is 72.5. The molecule has 0 spiro atoms. The smallest absolute Gasteiger partial charge is 0.462 e. The zero-order valence-corrected chi connectivity index (χ0v) is 60.6. The lowest BCUT2D eigenvalue weighted by Gasteiger charge is -2.21. The molecule has 0 aliphatic rings. The van der Waals surface area contributed by atoms with E-state index in [0.717, 1.165) is 114 Å². The lowest BCUT2D eigenvalue weighted by atomic mass is 10.00. The normalized spacial score (nSPS) is 14.6. The van der Waals surface area contributed by atoms with Crippen molar-refractivity contribution in [3.05, 3.63) is 0 Å². The highest BCUT2D eigenvalue weighted by Gasteiger charge is 2.30. The van der Waals surface area contributed by atoms with E-state index in [4.69, 9.17) is 37.0 Å². The van der Waals surface area contributed by atoms with Crippen molar-refractivity contribution in [1.29, 1.82) is 0 Å². The number of carbonyl (C=O) groups excluding carboxylic acids is 4. The lowest BCUT2D eigenvalue weighted by molar-refractivity contribution is -0.161. The van der Waals surface area contributed by atoms with Crippen molar-refractivity contribution in [2.75, 3.05) is 39.6 Å². The van der Waals surface area contributed by atoms with Crippen LogP contribution in [0.1, 0.15) is 351 Å². The molecule has 0 saturated carbocycles. The van der Waals surface area contributed by atoms with E-state index in [0.29, 0.717) is 31.6 Å². The number of rotatable bonds is 68. The largest absolute Gasteiger partial charge is 0.472 e. The van der Waals surface area contributed by atoms with Gasteiger partial charge in [-0.1, -0.05) is 299 Å². The summed E-state index contributed by atoms with van der Waals surface area (Å²) in [6, 6.07) is 0. The van der Waals surface area contributed by atoms with E-state index < -0.39 is 97.5 Å². The fourth-order valence-corrected chi connectivity index (χ4v) is 12.2. The van der Waals surface area contributed by atoms with E-state index in [1.165, 1.54) is 148 Å². The Hall–Kier alpha value is -1.94.